The first-order chi connectivity index (χ1) is 9.72. The monoisotopic (exact) mass is 279 g/mol. The van der Waals surface area contributed by atoms with Crippen LogP contribution >= 0.6 is 0 Å². The summed E-state index contributed by atoms with van der Waals surface area (Å²) >= 11 is 0. The summed E-state index contributed by atoms with van der Waals surface area (Å²) in [5.41, 5.74) is 0.767. The van der Waals surface area contributed by atoms with Gasteiger partial charge in [0.15, 0.2) is 5.60 Å². The SMILES string of the molecule is CC[NH+]1CCCC(NC2=CC(=O)OC23CCCCC3)C1. The van der Waals surface area contributed by atoms with Crippen molar-refractivity contribution in [3.05, 3.63) is 11.8 Å². The Kier molecular flexibility index (Phi) is 4.01. The topological polar surface area (TPSA) is 42.8 Å². The van der Waals surface area contributed by atoms with E-state index in [2.05, 4.69) is 12.2 Å². The van der Waals surface area contributed by atoms with E-state index in [0.717, 1.165) is 25.1 Å². The highest BCUT2D eigenvalue weighted by molar-refractivity contribution is 5.86. The van der Waals surface area contributed by atoms with Crippen LogP contribution in [0.2, 0.25) is 0 Å². The summed E-state index contributed by atoms with van der Waals surface area (Å²) in [4.78, 5) is 13.4. The first-order valence-electron chi connectivity index (χ1n) is 8.27. The van der Waals surface area contributed by atoms with E-state index < -0.39 is 0 Å². The summed E-state index contributed by atoms with van der Waals surface area (Å²) < 4.78 is 5.70. The third kappa shape index (κ3) is 2.71. The van der Waals surface area contributed by atoms with Crippen LogP contribution in [0.25, 0.3) is 0 Å². The van der Waals surface area contributed by atoms with Crippen molar-refractivity contribution >= 4 is 5.97 Å². The fraction of sp³-hybridized carbons (Fsp3) is 0.812. The fourth-order valence-electron chi connectivity index (χ4n) is 4.01. The van der Waals surface area contributed by atoms with Crippen molar-refractivity contribution in [3.8, 4) is 0 Å². The number of quaternary nitrogens is 1. The lowest BCUT2D eigenvalue weighted by Gasteiger charge is -2.38. The number of nitrogens with one attached hydrogen (secondary N) is 2. The number of hydrogen-bond acceptors (Lipinski definition) is 3. The van der Waals surface area contributed by atoms with Gasteiger partial charge in [-0.3, -0.25) is 0 Å². The number of rotatable bonds is 3. The smallest absolute Gasteiger partial charge is 0.333 e. The van der Waals surface area contributed by atoms with Gasteiger partial charge in [-0.15, -0.1) is 0 Å². The molecule has 2 aliphatic heterocycles. The van der Waals surface area contributed by atoms with Gasteiger partial charge in [0.1, 0.15) is 0 Å². The van der Waals surface area contributed by atoms with E-state index in [4.69, 9.17) is 4.74 Å². The third-order valence-electron chi connectivity index (χ3n) is 5.19. The van der Waals surface area contributed by atoms with Crippen LogP contribution in [0.4, 0.5) is 0 Å². The van der Waals surface area contributed by atoms with Crippen molar-refractivity contribution < 1.29 is 14.4 Å². The van der Waals surface area contributed by atoms with Gasteiger partial charge in [-0.05, 0) is 45.4 Å². The van der Waals surface area contributed by atoms with Crippen LogP contribution in [0.1, 0.15) is 51.9 Å². The first kappa shape index (κ1) is 13.9. The van der Waals surface area contributed by atoms with E-state index >= 15 is 0 Å². The molecule has 1 saturated heterocycles. The lowest BCUT2D eigenvalue weighted by molar-refractivity contribution is -0.904. The fourth-order valence-corrected chi connectivity index (χ4v) is 4.01. The van der Waals surface area contributed by atoms with Crippen LogP contribution in [0.5, 0.6) is 0 Å². The number of ether oxygens (including phenoxy) is 1. The lowest BCUT2D eigenvalue weighted by Crippen LogP contribution is -3.14. The van der Waals surface area contributed by atoms with Gasteiger partial charge in [0, 0.05) is 6.08 Å². The van der Waals surface area contributed by atoms with Crippen molar-refractivity contribution in [1.82, 2.24) is 5.32 Å². The number of esters is 1. The number of likely N-dealkylation sites (N-methyl/N-ethyl adjacent to an activating group) is 1. The van der Waals surface area contributed by atoms with Crippen LogP contribution in [0, 0.1) is 0 Å². The molecule has 2 unspecified atom stereocenters. The summed E-state index contributed by atoms with van der Waals surface area (Å²) in [5, 5.41) is 3.67. The molecule has 20 heavy (non-hydrogen) atoms. The van der Waals surface area contributed by atoms with Crippen molar-refractivity contribution in [2.24, 2.45) is 0 Å². The Balaban J connectivity index is 1.68. The molecule has 3 rings (SSSR count). The summed E-state index contributed by atoms with van der Waals surface area (Å²) in [5.74, 6) is -0.148. The summed E-state index contributed by atoms with van der Waals surface area (Å²) in [7, 11) is 0. The molecule has 3 aliphatic rings. The van der Waals surface area contributed by atoms with E-state index in [9.17, 15) is 4.79 Å². The Morgan fingerprint density at radius 1 is 1.35 bits per heavy atom. The largest absolute Gasteiger partial charge is 0.449 e. The Labute approximate surface area is 121 Å². The number of carbonyl (C=O) groups is 1. The highest BCUT2D eigenvalue weighted by Gasteiger charge is 2.45. The van der Waals surface area contributed by atoms with Gasteiger partial charge in [-0.1, -0.05) is 6.42 Å². The maximum atomic E-state index is 11.7. The first-order valence-corrected chi connectivity index (χ1v) is 8.27. The molecule has 112 valence electrons. The highest BCUT2D eigenvalue weighted by Crippen LogP contribution is 2.40. The van der Waals surface area contributed by atoms with Crippen molar-refractivity contribution in [2.75, 3.05) is 19.6 Å². The molecule has 1 aliphatic carbocycles. The van der Waals surface area contributed by atoms with Gasteiger partial charge >= 0.3 is 5.97 Å². The second kappa shape index (κ2) is 5.76. The van der Waals surface area contributed by atoms with E-state index in [-0.39, 0.29) is 11.6 Å². The average Bonchev–Trinajstić information content (AvgIpc) is 2.75. The van der Waals surface area contributed by atoms with E-state index in [1.165, 1.54) is 45.2 Å². The molecule has 2 N–H and O–H groups in total. The Hall–Kier alpha value is -1.03. The zero-order chi connectivity index (χ0) is 14.0. The Bertz CT molecular complexity index is 399. The summed E-state index contributed by atoms with van der Waals surface area (Å²) in [6.45, 7) is 5.89. The van der Waals surface area contributed by atoms with Gasteiger partial charge in [-0.2, -0.15) is 0 Å². The van der Waals surface area contributed by atoms with Crippen molar-refractivity contribution in [1.29, 1.82) is 0 Å². The lowest BCUT2D eigenvalue weighted by atomic mass is 9.82. The van der Waals surface area contributed by atoms with Crippen LogP contribution in [0.3, 0.4) is 0 Å². The van der Waals surface area contributed by atoms with E-state index in [1.807, 2.05) is 0 Å². The van der Waals surface area contributed by atoms with Crippen LogP contribution in [0.15, 0.2) is 11.8 Å². The molecular weight excluding hydrogens is 252 g/mol. The molecule has 1 spiro atoms. The molecular formula is C16H27N2O2+. The summed E-state index contributed by atoms with van der Waals surface area (Å²) in [6, 6.07) is 0.498. The maximum Gasteiger partial charge on any atom is 0.333 e. The molecule has 2 fully saturated rings. The van der Waals surface area contributed by atoms with Crippen LogP contribution < -0.4 is 10.2 Å². The average molecular weight is 279 g/mol. The van der Waals surface area contributed by atoms with Crippen molar-refractivity contribution in [3.63, 3.8) is 0 Å². The van der Waals surface area contributed by atoms with Gasteiger partial charge < -0.3 is 15.0 Å². The molecule has 2 heterocycles. The molecule has 4 heteroatoms. The second-order valence-electron chi connectivity index (χ2n) is 6.58. The van der Waals surface area contributed by atoms with Crippen molar-refractivity contribution in [2.45, 2.75) is 63.5 Å². The van der Waals surface area contributed by atoms with Gasteiger partial charge in [0.05, 0.1) is 31.4 Å². The van der Waals surface area contributed by atoms with E-state index in [1.54, 1.807) is 11.0 Å². The quantitative estimate of drug-likeness (QED) is 0.751. The number of piperidine rings is 1. The second-order valence-corrected chi connectivity index (χ2v) is 6.58. The normalized spacial score (nSPS) is 32.9. The molecule has 2 atom stereocenters. The zero-order valence-corrected chi connectivity index (χ0v) is 12.5. The van der Waals surface area contributed by atoms with Crippen LogP contribution in [-0.2, 0) is 9.53 Å². The molecule has 1 saturated carbocycles. The molecule has 4 nitrogen and oxygen atoms in total. The van der Waals surface area contributed by atoms with E-state index in [0.29, 0.717) is 6.04 Å². The van der Waals surface area contributed by atoms with Crippen LogP contribution in [-0.4, -0.2) is 37.2 Å². The Morgan fingerprint density at radius 3 is 2.90 bits per heavy atom. The Morgan fingerprint density at radius 2 is 2.15 bits per heavy atom. The number of carbonyl (C=O) groups excluding carboxylic acids is 1. The molecule has 0 amide bonds. The van der Waals surface area contributed by atoms with Gasteiger partial charge in [-0.25, -0.2) is 4.79 Å². The minimum Gasteiger partial charge on any atom is -0.449 e. The predicted octanol–water partition coefficient (Wildman–Crippen LogP) is 0.787. The third-order valence-corrected chi connectivity index (χ3v) is 5.19. The minimum absolute atomic E-state index is 0.148. The number of hydrogen-bond donors (Lipinski definition) is 2. The minimum atomic E-state index is -0.306. The molecule has 0 bridgehead atoms. The maximum absolute atomic E-state index is 11.7. The summed E-state index contributed by atoms with van der Waals surface area (Å²) in [6.07, 6.45) is 9.80. The molecule has 0 aromatic rings. The van der Waals surface area contributed by atoms with Gasteiger partial charge in [0.2, 0.25) is 0 Å². The number of likely N-dealkylation sites (tertiary alicyclic amines) is 1. The standard InChI is InChI=1S/C16H26N2O2/c1-2-18-10-6-7-13(12-18)17-14-11-15(19)20-16(14)8-4-3-5-9-16/h11,13,17H,2-10,12H2,1H3/p+1. The molecule has 0 aromatic carbocycles. The predicted molar refractivity (Wildman–Crippen MR) is 77.4 cm³/mol. The highest BCUT2D eigenvalue weighted by atomic mass is 16.6. The molecule has 0 aromatic heterocycles. The van der Waals surface area contributed by atoms with Gasteiger partial charge in [0.25, 0.3) is 0 Å². The molecule has 0 radical (unpaired) electrons. The zero-order valence-electron chi connectivity index (χ0n) is 12.5.